The SMILES string of the molecule is CN(C)CCSC(=O)N1c2ccccc2C(C)(C)c2ccccc21.O=C(O)CCC(=O)O. The van der Waals surface area contributed by atoms with Gasteiger partial charge >= 0.3 is 11.9 Å². The normalized spacial score (nSPS) is 13.5. The predicted octanol–water partition coefficient (Wildman–Crippen LogP) is 4.81. The van der Waals surface area contributed by atoms with Crippen molar-refractivity contribution in [2.75, 3.05) is 31.3 Å². The van der Waals surface area contributed by atoms with Crippen LogP contribution in [0.25, 0.3) is 0 Å². The summed E-state index contributed by atoms with van der Waals surface area (Å²) in [5.41, 5.74) is 4.29. The highest BCUT2D eigenvalue weighted by Gasteiger charge is 2.38. The Hall–Kier alpha value is -2.84. The molecule has 0 unspecified atom stereocenters. The molecule has 0 saturated heterocycles. The molecule has 0 radical (unpaired) electrons. The van der Waals surface area contributed by atoms with Crippen LogP contribution < -0.4 is 4.90 Å². The number of aliphatic carboxylic acids is 2. The van der Waals surface area contributed by atoms with Crippen LogP contribution in [0.3, 0.4) is 0 Å². The summed E-state index contributed by atoms with van der Waals surface area (Å²) >= 11 is 1.38. The highest BCUT2D eigenvalue weighted by Crippen LogP contribution is 2.49. The summed E-state index contributed by atoms with van der Waals surface area (Å²) in [7, 11) is 4.05. The van der Waals surface area contributed by atoms with Gasteiger partial charge in [-0.15, -0.1) is 0 Å². The molecule has 0 fully saturated rings. The Balaban J connectivity index is 0.000000390. The number of anilines is 2. The molecule has 2 aromatic rings. The molecular formula is C24H30N2O5S. The van der Waals surface area contributed by atoms with Crippen LogP contribution in [0.2, 0.25) is 0 Å². The van der Waals surface area contributed by atoms with Gasteiger partial charge in [-0.05, 0) is 37.4 Å². The molecule has 8 heteroatoms. The van der Waals surface area contributed by atoms with Crippen LogP contribution in [0.4, 0.5) is 16.2 Å². The number of thioether (sulfide) groups is 1. The number of nitrogens with zero attached hydrogens (tertiary/aromatic N) is 2. The molecule has 172 valence electrons. The van der Waals surface area contributed by atoms with Gasteiger partial charge in [0, 0.05) is 17.7 Å². The quantitative estimate of drug-likeness (QED) is 0.641. The van der Waals surface area contributed by atoms with Crippen LogP contribution in [-0.2, 0) is 15.0 Å². The zero-order chi connectivity index (χ0) is 23.9. The Labute approximate surface area is 193 Å². The fourth-order valence-electron chi connectivity index (χ4n) is 3.46. The molecule has 1 aliphatic heterocycles. The third-order valence-corrected chi connectivity index (χ3v) is 5.95. The first-order chi connectivity index (χ1) is 15.1. The van der Waals surface area contributed by atoms with Gasteiger partial charge in [-0.1, -0.05) is 62.0 Å². The molecule has 2 N–H and O–H groups in total. The fourth-order valence-corrected chi connectivity index (χ4v) is 4.42. The smallest absolute Gasteiger partial charge is 0.303 e. The van der Waals surface area contributed by atoms with E-state index in [1.165, 1.54) is 22.9 Å². The van der Waals surface area contributed by atoms with Crippen LogP contribution >= 0.6 is 11.8 Å². The summed E-state index contributed by atoms with van der Waals surface area (Å²) < 4.78 is 0. The summed E-state index contributed by atoms with van der Waals surface area (Å²) in [6.45, 7) is 5.34. The Morgan fingerprint density at radius 2 is 1.31 bits per heavy atom. The number of carbonyl (C=O) groups is 3. The maximum Gasteiger partial charge on any atom is 0.303 e. The molecule has 0 saturated carbocycles. The summed E-state index contributed by atoms with van der Waals surface area (Å²) in [5.74, 6) is -1.37. The summed E-state index contributed by atoms with van der Waals surface area (Å²) in [6, 6.07) is 16.5. The number of rotatable bonds is 6. The van der Waals surface area contributed by atoms with E-state index in [-0.39, 0.29) is 23.5 Å². The average molecular weight is 459 g/mol. The maximum absolute atomic E-state index is 13.0. The molecule has 7 nitrogen and oxygen atoms in total. The Bertz CT molecular complexity index is 911. The number of para-hydroxylation sites is 2. The Morgan fingerprint density at radius 1 is 0.875 bits per heavy atom. The molecule has 1 amide bonds. The van der Waals surface area contributed by atoms with Crippen LogP contribution in [0.5, 0.6) is 0 Å². The number of amides is 1. The van der Waals surface area contributed by atoms with Gasteiger partial charge in [0.25, 0.3) is 5.24 Å². The van der Waals surface area contributed by atoms with E-state index in [2.05, 4.69) is 55.1 Å². The highest BCUT2D eigenvalue weighted by molar-refractivity contribution is 8.13. The number of benzene rings is 2. The van der Waals surface area contributed by atoms with Crippen molar-refractivity contribution in [1.29, 1.82) is 0 Å². The van der Waals surface area contributed by atoms with Crippen molar-refractivity contribution in [3.63, 3.8) is 0 Å². The van der Waals surface area contributed by atoms with E-state index < -0.39 is 11.9 Å². The average Bonchev–Trinajstić information content (AvgIpc) is 2.73. The van der Waals surface area contributed by atoms with Crippen LogP contribution in [0.15, 0.2) is 48.5 Å². The largest absolute Gasteiger partial charge is 0.481 e. The molecule has 0 aliphatic carbocycles. The summed E-state index contributed by atoms with van der Waals surface area (Å²) in [5, 5.41) is 15.9. The van der Waals surface area contributed by atoms with Crippen molar-refractivity contribution < 1.29 is 24.6 Å². The molecule has 1 aliphatic rings. The summed E-state index contributed by atoms with van der Waals surface area (Å²) in [6.07, 6.45) is -0.593. The van der Waals surface area contributed by atoms with Gasteiger partial charge in [-0.25, -0.2) is 0 Å². The van der Waals surface area contributed by atoms with Gasteiger partial charge in [0.1, 0.15) is 0 Å². The van der Waals surface area contributed by atoms with Crippen molar-refractivity contribution in [2.24, 2.45) is 0 Å². The second-order valence-corrected chi connectivity index (χ2v) is 9.25. The highest BCUT2D eigenvalue weighted by atomic mass is 32.2. The molecular weight excluding hydrogens is 428 g/mol. The van der Waals surface area contributed by atoms with Gasteiger partial charge < -0.3 is 15.1 Å². The topological polar surface area (TPSA) is 98.2 Å². The third kappa shape index (κ3) is 6.34. The Kier molecular flexibility index (Phi) is 8.86. The maximum atomic E-state index is 13.0. The van der Waals surface area contributed by atoms with Crippen LogP contribution in [-0.4, -0.2) is 58.7 Å². The van der Waals surface area contributed by atoms with Crippen LogP contribution in [0, 0.1) is 0 Å². The lowest BCUT2D eigenvalue weighted by Gasteiger charge is -2.40. The minimum absolute atomic E-state index is 0.0900. The van der Waals surface area contributed by atoms with E-state index in [1.54, 1.807) is 0 Å². The fraction of sp³-hybridized carbons (Fsp3) is 0.375. The number of hydrogen-bond acceptors (Lipinski definition) is 5. The Morgan fingerprint density at radius 3 is 1.72 bits per heavy atom. The van der Waals surface area contributed by atoms with E-state index >= 15 is 0 Å². The van der Waals surface area contributed by atoms with Gasteiger partial charge in [0.05, 0.1) is 24.2 Å². The van der Waals surface area contributed by atoms with Crippen molar-refractivity contribution in [3.8, 4) is 0 Å². The first-order valence-electron chi connectivity index (χ1n) is 10.3. The van der Waals surface area contributed by atoms with Crippen molar-refractivity contribution in [2.45, 2.75) is 32.1 Å². The first-order valence-corrected chi connectivity index (χ1v) is 11.3. The molecule has 3 rings (SSSR count). The van der Waals surface area contributed by atoms with E-state index in [4.69, 9.17) is 10.2 Å². The molecule has 1 heterocycles. The number of fused-ring (bicyclic) bond motifs is 2. The van der Waals surface area contributed by atoms with Crippen molar-refractivity contribution in [3.05, 3.63) is 59.7 Å². The lowest BCUT2D eigenvalue weighted by Crippen LogP contribution is -2.35. The predicted molar refractivity (Wildman–Crippen MR) is 128 cm³/mol. The first kappa shape index (κ1) is 25.4. The van der Waals surface area contributed by atoms with E-state index in [0.29, 0.717) is 0 Å². The van der Waals surface area contributed by atoms with Gasteiger partial charge in [0.15, 0.2) is 0 Å². The number of carbonyl (C=O) groups excluding carboxylic acids is 1. The summed E-state index contributed by atoms with van der Waals surface area (Å²) in [4.78, 5) is 36.3. The second-order valence-electron chi connectivity index (χ2n) is 8.20. The third-order valence-electron chi connectivity index (χ3n) is 5.14. The number of carboxylic acids is 2. The zero-order valence-corrected chi connectivity index (χ0v) is 19.7. The minimum Gasteiger partial charge on any atom is -0.481 e. The van der Waals surface area contributed by atoms with E-state index in [0.717, 1.165) is 23.7 Å². The molecule has 0 aromatic heterocycles. The molecule has 2 aromatic carbocycles. The standard InChI is InChI=1S/C20H24N2OS.C4H6O4/c1-20(2)15-9-5-7-11-17(15)22(18-12-8-6-10-16(18)20)19(23)24-14-13-21(3)4;5-3(6)1-2-4(7)8/h5-12H,13-14H2,1-4H3;1-2H2,(H,5,6)(H,7,8). The van der Waals surface area contributed by atoms with Gasteiger partial charge in [-0.3, -0.25) is 19.3 Å². The second kappa shape index (κ2) is 11.2. The molecule has 32 heavy (non-hydrogen) atoms. The molecule has 0 bridgehead atoms. The van der Waals surface area contributed by atoms with Crippen LogP contribution in [0.1, 0.15) is 37.8 Å². The van der Waals surface area contributed by atoms with Crippen molar-refractivity contribution in [1.82, 2.24) is 4.90 Å². The van der Waals surface area contributed by atoms with Gasteiger partial charge in [0.2, 0.25) is 0 Å². The van der Waals surface area contributed by atoms with Crippen molar-refractivity contribution >= 4 is 40.3 Å². The number of carboxylic acid groups (broad SMARTS) is 2. The number of hydrogen-bond donors (Lipinski definition) is 2. The zero-order valence-electron chi connectivity index (χ0n) is 18.9. The molecule has 0 atom stereocenters. The monoisotopic (exact) mass is 458 g/mol. The van der Waals surface area contributed by atoms with E-state index in [1.807, 2.05) is 31.1 Å². The minimum atomic E-state index is -1.08. The lowest BCUT2D eigenvalue weighted by atomic mass is 9.74. The molecule has 0 spiro atoms. The van der Waals surface area contributed by atoms with Gasteiger partial charge in [-0.2, -0.15) is 0 Å². The lowest BCUT2D eigenvalue weighted by molar-refractivity contribution is -0.143. The van der Waals surface area contributed by atoms with E-state index in [9.17, 15) is 14.4 Å².